The number of aliphatic carboxylic acids is 1. The molecule has 0 fully saturated rings. The molecule has 0 amide bonds. The minimum atomic E-state index is -5.08. The standard InChI is InChI=1S/C15H17N3O4S.C2HF3O2/c1-15(9-4-6-23-11(9)3-5-22-15)8-16-14-17-10(13(19)20)7-12(18-14)21-2;3-2(4,5)1(6)7/h4,6-7H,3,5,8H2,1-2H3,(H,19,20)(H,16,17,18);(H,6,7). The average molecular weight is 449 g/mol. The number of thiophene rings is 1. The van der Waals surface area contributed by atoms with Crippen LogP contribution in [0.1, 0.15) is 27.9 Å². The second-order valence-electron chi connectivity index (χ2n) is 6.17. The Labute approximate surface area is 172 Å². The average Bonchev–Trinajstić information content (AvgIpc) is 3.16. The first-order valence-corrected chi connectivity index (χ1v) is 9.25. The fraction of sp³-hybridized carbons (Fsp3) is 0.412. The number of halogens is 3. The Kier molecular flexibility index (Phi) is 7.21. The van der Waals surface area contributed by atoms with Crippen LogP contribution in [-0.2, 0) is 21.6 Å². The molecule has 164 valence electrons. The van der Waals surface area contributed by atoms with E-state index in [9.17, 15) is 18.0 Å². The summed E-state index contributed by atoms with van der Waals surface area (Å²) in [5.74, 6) is -3.48. The summed E-state index contributed by atoms with van der Waals surface area (Å²) in [7, 11) is 1.43. The summed E-state index contributed by atoms with van der Waals surface area (Å²) in [6.07, 6.45) is -4.17. The molecule has 1 unspecified atom stereocenters. The first kappa shape index (κ1) is 23.3. The molecule has 2 aromatic rings. The molecule has 0 aliphatic carbocycles. The first-order chi connectivity index (χ1) is 14.0. The fourth-order valence-electron chi connectivity index (χ4n) is 2.56. The molecule has 0 saturated carbocycles. The molecule has 0 spiro atoms. The highest BCUT2D eigenvalue weighted by molar-refractivity contribution is 7.10. The van der Waals surface area contributed by atoms with Crippen LogP contribution in [0.25, 0.3) is 0 Å². The quantitative estimate of drug-likeness (QED) is 0.631. The number of fused-ring (bicyclic) bond motifs is 1. The van der Waals surface area contributed by atoms with Crippen molar-refractivity contribution in [3.8, 4) is 5.88 Å². The van der Waals surface area contributed by atoms with Crippen molar-refractivity contribution < 1.29 is 42.4 Å². The van der Waals surface area contributed by atoms with E-state index in [0.717, 1.165) is 12.0 Å². The van der Waals surface area contributed by atoms with Crippen LogP contribution in [0.15, 0.2) is 17.5 Å². The van der Waals surface area contributed by atoms with Crippen molar-refractivity contribution in [2.45, 2.75) is 25.1 Å². The van der Waals surface area contributed by atoms with Gasteiger partial charge in [-0.2, -0.15) is 18.2 Å². The second-order valence-corrected chi connectivity index (χ2v) is 7.17. The van der Waals surface area contributed by atoms with Crippen LogP contribution in [0, 0.1) is 0 Å². The summed E-state index contributed by atoms with van der Waals surface area (Å²) in [6.45, 7) is 3.09. The first-order valence-electron chi connectivity index (χ1n) is 8.37. The number of ether oxygens (including phenoxy) is 2. The molecule has 30 heavy (non-hydrogen) atoms. The van der Waals surface area contributed by atoms with Crippen LogP contribution >= 0.6 is 11.3 Å². The van der Waals surface area contributed by atoms with Crippen molar-refractivity contribution in [2.24, 2.45) is 0 Å². The maximum Gasteiger partial charge on any atom is 0.490 e. The molecule has 0 aromatic carbocycles. The van der Waals surface area contributed by atoms with Crippen molar-refractivity contribution in [3.63, 3.8) is 0 Å². The molecule has 3 heterocycles. The topological polar surface area (TPSA) is 131 Å². The summed E-state index contributed by atoms with van der Waals surface area (Å²) in [5.41, 5.74) is 0.538. The molecule has 1 aliphatic heterocycles. The van der Waals surface area contributed by atoms with E-state index in [-0.39, 0.29) is 17.5 Å². The van der Waals surface area contributed by atoms with Crippen molar-refractivity contribution >= 4 is 29.2 Å². The number of carboxylic acids is 2. The molecule has 2 aromatic heterocycles. The van der Waals surface area contributed by atoms with Gasteiger partial charge in [-0.3, -0.25) is 0 Å². The van der Waals surface area contributed by atoms with Gasteiger partial charge in [-0.05, 0) is 23.9 Å². The summed E-state index contributed by atoms with van der Waals surface area (Å²) in [5, 5.41) is 21.4. The highest BCUT2D eigenvalue weighted by atomic mass is 32.1. The van der Waals surface area contributed by atoms with Crippen LogP contribution in [0.2, 0.25) is 0 Å². The molecular weight excluding hydrogens is 431 g/mol. The molecule has 3 rings (SSSR count). The van der Waals surface area contributed by atoms with E-state index in [4.69, 9.17) is 24.5 Å². The Morgan fingerprint density at radius 3 is 2.60 bits per heavy atom. The van der Waals surface area contributed by atoms with Gasteiger partial charge in [0.2, 0.25) is 11.8 Å². The number of anilines is 1. The number of aromatic carboxylic acids is 1. The third-order valence-electron chi connectivity index (χ3n) is 4.02. The van der Waals surface area contributed by atoms with Crippen molar-refractivity contribution in [2.75, 3.05) is 25.6 Å². The SMILES string of the molecule is COc1cc(C(=O)O)nc(NCC2(C)OCCc3sccc32)n1.O=C(O)C(F)(F)F. The minimum Gasteiger partial charge on any atom is -0.481 e. The van der Waals surface area contributed by atoms with Gasteiger partial charge in [0.15, 0.2) is 5.69 Å². The Bertz CT molecular complexity index is 920. The lowest BCUT2D eigenvalue weighted by molar-refractivity contribution is -0.192. The third kappa shape index (κ3) is 5.79. The van der Waals surface area contributed by atoms with E-state index in [2.05, 4.69) is 26.7 Å². The van der Waals surface area contributed by atoms with E-state index < -0.39 is 23.7 Å². The largest absolute Gasteiger partial charge is 0.490 e. The lowest BCUT2D eigenvalue weighted by Crippen LogP contribution is -2.38. The number of nitrogens with zero attached hydrogens (tertiary/aromatic N) is 2. The Morgan fingerprint density at radius 1 is 1.37 bits per heavy atom. The van der Waals surface area contributed by atoms with Gasteiger partial charge < -0.3 is 25.0 Å². The zero-order chi connectivity index (χ0) is 22.5. The molecule has 1 aliphatic rings. The van der Waals surface area contributed by atoms with Crippen molar-refractivity contribution in [3.05, 3.63) is 33.6 Å². The smallest absolute Gasteiger partial charge is 0.481 e. The summed E-state index contributed by atoms with van der Waals surface area (Å²) in [6, 6.07) is 3.35. The number of aromatic nitrogens is 2. The third-order valence-corrected chi connectivity index (χ3v) is 5.00. The van der Waals surface area contributed by atoms with Crippen molar-refractivity contribution in [1.82, 2.24) is 9.97 Å². The lowest BCUT2D eigenvalue weighted by atomic mass is 9.93. The van der Waals surface area contributed by atoms with E-state index in [1.165, 1.54) is 18.1 Å². The Morgan fingerprint density at radius 2 is 2.03 bits per heavy atom. The van der Waals surface area contributed by atoms with Gasteiger partial charge in [0.1, 0.15) is 5.60 Å². The number of alkyl halides is 3. The molecule has 3 N–H and O–H groups in total. The van der Waals surface area contributed by atoms with Gasteiger partial charge in [0.05, 0.1) is 20.3 Å². The van der Waals surface area contributed by atoms with Gasteiger partial charge in [-0.15, -0.1) is 11.3 Å². The van der Waals surface area contributed by atoms with Gasteiger partial charge in [-0.25, -0.2) is 14.6 Å². The lowest BCUT2D eigenvalue weighted by Gasteiger charge is -2.34. The van der Waals surface area contributed by atoms with E-state index >= 15 is 0 Å². The van der Waals surface area contributed by atoms with E-state index in [0.29, 0.717) is 13.2 Å². The van der Waals surface area contributed by atoms with E-state index in [1.54, 1.807) is 11.3 Å². The number of rotatable bonds is 5. The van der Waals surface area contributed by atoms with Gasteiger partial charge in [-0.1, -0.05) is 0 Å². The fourth-order valence-corrected chi connectivity index (χ4v) is 3.54. The van der Waals surface area contributed by atoms with Crippen LogP contribution in [0.3, 0.4) is 0 Å². The molecule has 0 saturated heterocycles. The van der Waals surface area contributed by atoms with Gasteiger partial charge >= 0.3 is 18.1 Å². The van der Waals surface area contributed by atoms with Gasteiger partial charge in [0.25, 0.3) is 0 Å². The predicted molar refractivity (Wildman–Crippen MR) is 99.1 cm³/mol. The number of hydrogen-bond acceptors (Lipinski definition) is 8. The maximum absolute atomic E-state index is 11.1. The normalized spacial score (nSPS) is 17.9. The highest BCUT2D eigenvalue weighted by Gasteiger charge is 2.38. The predicted octanol–water partition coefficient (Wildman–Crippen LogP) is 2.78. The molecule has 9 nitrogen and oxygen atoms in total. The molecular formula is C17H18F3N3O6S. The molecule has 13 heteroatoms. The Balaban J connectivity index is 0.000000396. The summed E-state index contributed by atoms with van der Waals surface area (Å²) >= 11 is 1.73. The zero-order valence-electron chi connectivity index (χ0n) is 15.8. The van der Waals surface area contributed by atoms with Crippen LogP contribution < -0.4 is 10.1 Å². The van der Waals surface area contributed by atoms with Gasteiger partial charge in [0, 0.05) is 17.4 Å². The van der Waals surface area contributed by atoms with Crippen LogP contribution in [0.4, 0.5) is 19.1 Å². The number of hydrogen-bond donors (Lipinski definition) is 3. The zero-order valence-corrected chi connectivity index (χ0v) is 16.6. The van der Waals surface area contributed by atoms with Crippen molar-refractivity contribution in [1.29, 1.82) is 0 Å². The maximum atomic E-state index is 11.1. The molecule has 1 atom stereocenters. The Hall–Kier alpha value is -2.93. The molecule has 0 bridgehead atoms. The number of carboxylic acid groups (broad SMARTS) is 2. The summed E-state index contributed by atoms with van der Waals surface area (Å²) < 4.78 is 42.7. The minimum absolute atomic E-state index is 0.120. The van der Waals surface area contributed by atoms with E-state index in [1.807, 2.05) is 6.92 Å². The summed E-state index contributed by atoms with van der Waals surface area (Å²) in [4.78, 5) is 29.5. The monoisotopic (exact) mass is 449 g/mol. The number of carbonyl (C=O) groups is 2. The molecule has 0 radical (unpaired) electrons. The highest BCUT2D eigenvalue weighted by Crippen LogP contribution is 2.36. The van der Waals surface area contributed by atoms with Crippen LogP contribution in [-0.4, -0.2) is 58.6 Å². The number of nitrogens with one attached hydrogen (secondary N) is 1. The number of methoxy groups -OCH3 is 1. The second kappa shape index (κ2) is 9.26. The van der Waals surface area contributed by atoms with Crippen LogP contribution in [0.5, 0.6) is 5.88 Å².